The Morgan fingerprint density at radius 1 is 1.56 bits per heavy atom. The summed E-state index contributed by atoms with van der Waals surface area (Å²) < 4.78 is 2.18. The van der Waals surface area contributed by atoms with Crippen molar-refractivity contribution in [2.75, 3.05) is 0 Å². The fourth-order valence-electron chi connectivity index (χ4n) is 2.54. The van der Waals surface area contributed by atoms with Gasteiger partial charge < -0.3 is 10.3 Å². The second-order valence-electron chi connectivity index (χ2n) is 4.31. The van der Waals surface area contributed by atoms with Gasteiger partial charge in [0.25, 0.3) is 5.91 Å². The van der Waals surface area contributed by atoms with E-state index in [2.05, 4.69) is 9.55 Å². The van der Waals surface area contributed by atoms with E-state index in [0.717, 1.165) is 34.1 Å². The van der Waals surface area contributed by atoms with Gasteiger partial charge in [-0.2, -0.15) is 0 Å². The van der Waals surface area contributed by atoms with Crippen LogP contribution in [0.1, 0.15) is 21.6 Å². The van der Waals surface area contributed by atoms with Crippen molar-refractivity contribution >= 4 is 17.7 Å². The lowest BCUT2D eigenvalue weighted by atomic mass is 10.1. The predicted molar refractivity (Wildman–Crippen MR) is 72.2 cm³/mol. The summed E-state index contributed by atoms with van der Waals surface area (Å²) in [6.45, 7) is 1.96. The van der Waals surface area contributed by atoms with Gasteiger partial charge in [-0.05, 0) is 24.6 Å². The van der Waals surface area contributed by atoms with Gasteiger partial charge in [0.1, 0.15) is 0 Å². The Balaban J connectivity index is 2.28. The number of pyridine rings is 1. The Labute approximate surface area is 109 Å². The molecule has 0 spiro atoms. The molecule has 1 aliphatic heterocycles. The number of fused-ring (bicyclic) bond motifs is 1. The summed E-state index contributed by atoms with van der Waals surface area (Å²) in [6.07, 6.45) is 3.57. The molecule has 0 unspecified atom stereocenters. The molecule has 3 rings (SSSR count). The molecule has 1 amide bonds. The highest BCUT2D eigenvalue weighted by molar-refractivity contribution is 7.97. The number of nitrogens with zero attached hydrogens (tertiary/aromatic N) is 2. The Kier molecular flexibility index (Phi) is 2.63. The van der Waals surface area contributed by atoms with Gasteiger partial charge in [0.05, 0.1) is 17.1 Å². The van der Waals surface area contributed by atoms with E-state index in [-0.39, 0.29) is 5.91 Å². The Hall–Kier alpha value is -1.75. The molecule has 0 radical (unpaired) electrons. The average molecular weight is 259 g/mol. The van der Waals surface area contributed by atoms with Crippen LogP contribution in [0.25, 0.3) is 11.3 Å². The third-order valence-corrected chi connectivity index (χ3v) is 4.17. The number of aromatic nitrogens is 2. The van der Waals surface area contributed by atoms with Crippen molar-refractivity contribution in [3.63, 3.8) is 0 Å². The van der Waals surface area contributed by atoms with Crippen LogP contribution in [0.4, 0.5) is 0 Å². The number of carbonyl (C=O) groups is 1. The number of hydrogen-bond donors (Lipinski definition) is 1. The first-order valence-electron chi connectivity index (χ1n) is 5.70. The van der Waals surface area contributed by atoms with Crippen molar-refractivity contribution < 1.29 is 4.79 Å². The van der Waals surface area contributed by atoms with Gasteiger partial charge in [-0.25, -0.2) is 0 Å². The zero-order valence-corrected chi connectivity index (χ0v) is 10.8. The molecule has 0 aliphatic carbocycles. The van der Waals surface area contributed by atoms with E-state index in [1.165, 1.54) is 0 Å². The topological polar surface area (TPSA) is 60.9 Å². The predicted octanol–water partition coefficient (Wildman–Crippen LogP) is 2.16. The standard InChI is InChI=1S/C13H13N3OS/c1-8-11(13(14)17)10-6-18-7-16(10)12(8)9-3-2-4-15-5-9/h2-5H,6-7H2,1H3,(H2,14,17). The summed E-state index contributed by atoms with van der Waals surface area (Å²) in [4.78, 5) is 15.8. The van der Waals surface area contributed by atoms with E-state index in [4.69, 9.17) is 5.73 Å². The summed E-state index contributed by atoms with van der Waals surface area (Å²) in [5, 5.41) is 0. The molecular formula is C13H13N3OS. The molecule has 1 aliphatic rings. The Morgan fingerprint density at radius 2 is 2.39 bits per heavy atom. The van der Waals surface area contributed by atoms with E-state index in [1.807, 2.05) is 25.3 Å². The van der Waals surface area contributed by atoms with Gasteiger partial charge >= 0.3 is 0 Å². The normalized spacial score (nSPS) is 13.6. The van der Waals surface area contributed by atoms with Crippen molar-refractivity contribution in [3.8, 4) is 11.3 Å². The fraction of sp³-hybridized carbons (Fsp3) is 0.231. The SMILES string of the molecule is Cc1c(C(N)=O)c2n(c1-c1cccnc1)CSC2. The number of rotatable bonds is 2. The van der Waals surface area contributed by atoms with Crippen LogP contribution in [-0.4, -0.2) is 15.5 Å². The van der Waals surface area contributed by atoms with Crippen LogP contribution in [0.3, 0.4) is 0 Å². The minimum atomic E-state index is -0.339. The molecular weight excluding hydrogens is 246 g/mol. The van der Waals surface area contributed by atoms with Crippen LogP contribution in [0.15, 0.2) is 24.5 Å². The summed E-state index contributed by atoms with van der Waals surface area (Å²) in [7, 11) is 0. The molecule has 92 valence electrons. The highest BCUT2D eigenvalue weighted by atomic mass is 32.2. The molecule has 0 saturated carbocycles. The molecule has 2 aromatic rings. The van der Waals surface area contributed by atoms with Crippen molar-refractivity contribution in [2.24, 2.45) is 5.73 Å². The summed E-state index contributed by atoms with van der Waals surface area (Å²) in [5.41, 5.74) is 10.3. The van der Waals surface area contributed by atoms with Gasteiger partial charge in [-0.3, -0.25) is 9.78 Å². The average Bonchev–Trinajstić information content (AvgIpc) is 2.88. The first kappa shape index (κ1) is 11.3. The van der Waals surface area contributed by atoms with Crippen molar-refractivity contribution in [2.45, 2.75) is 18.6 Å². The molecule has 0 saturated heterocycles. The molecule has 2 N–H and O–H groups in total. The van der Waals surface area contributed by atoms with Gasteiger partial charge in [0.2, 0.25) is 0 Å². The summed E-state index contributed by atoms with van der Waals surface area (Å²) >= 11 is 1.79. The largest absolute Gasteiger partial charge is 0.366 e. The monoisotopic (exact) mass is 259 g/mol. The van der Waals surface area contributed by atoms with Crippen molar-refractivity contribution in [1.29, 1.82) is 0 Å². The van der Waals surface area contributed by atoms with Crippen LogP contribution in [-0.2, 0) is 11.6 Å². The third kappa shape index (κ3) is 1.54. The maximum Gasteiger partial charge on any atom is 0.250 e. The zero-order valence-electron chi connectivity index (χ0n) is 10.0. The lowest BCUT2D eigenvalue weighted by Crippen LogP contribution is -2.13. The van der Waals surface area contributed by atoms with E-state index in [9.17, 15) is 4.79 Å². The molecule has 0 aromatic carbocycles. The molecule has 18 heavy (non-hydrogen) atoms. The number of amides is 1. The molecule has 5 heteroatoms. The molecule has 3 heterocycles. The summed E-state index contributed by atoms with van der Waals surface area (Å²) in [6, 6.07) is 3.91. The minimum Gasteiger partial charge on any atom is -0.366 e. The number of thioether (sulfide) groups is 1. The van der Waals surface area contributed by atoms with Crippen LogP contribution in [0, 0.1) is 6.92 Å². The van der Waals surface area contributed by atoms with Crippen molar-refractivity contribution in [3.05, 3.63) is 41.3 Å². The van der Waals surface area contributed by atoms with E-state index >= 15 is 0 Å². The highest BCUT2D eigenvalue weighted by Crippen LogP contribution is 2.38. The highest BCUT2D eigenvalue weighted by Gasteiger charge is 2.27. The van der Waals surface area contributed by atoms with Crippen LogP contribution < -0.4 is 5.73 Å². The first-order chi connectivity index (χ1) is 8.70. The lowest BCUT2D eigenvalue weighted by molar-refractivity contribution is 0.0999. The van der Waals surface area contributed by atoms with Crippen molar-refractivity contribution in [1.82, 2.24) is 9.55 Å². The molecule has 4 nitrogen and oxygen atoms in total. The Bertz CT molecular complexity index is 619. The fourth-order valence-corrected chi connectivity index (χ4v) is 3.59. The van der Waals surface area contributed by atoms with E-state index < -0.39 is 0 Å². The second-order valence-corrected chi connectivity index (χ2v) is 5.26. The smallest absolute Gasteiger partial charge is 0.250 e. The van der Waals surface area contributed by atoms with Gasteiger partial charge in [0, 0.05) is 29.4 Å². The number of hydrogen-bond acceptors (Lipinski definition) is 3. The van der Waals surface area contributed by atoms with Crippen LogP contribution in [0.5, 0.6) is 0 Å². The maximum absolute atomic E-state index is 11.6. The molecule has 2 aromatic heterocycles. The molecule has 0 bridgehead atoms. The quantitative estimate of drug-likeness (QED) is 0.899. The van der Waals surface area contributed by atoms with E-state index in [0.29, 0.717) is 5.56 Å². The minimum absolute atomic E-state index is 0.339. The van der Waals surface area contributed by atoms with E-state index in [1.54, 1.807) is 18.0 Å². The number of carbonyl (C=O) groups excluding carboxylic acids is 1. The molecule has 0 atom stereocenters. The first-order valence-corrected chi connectivity index (χ1v) is 6.85. The molecule has 0 fully saturated rings. The lowest BCUT2D eigenvalue weighted by Gasteiger charge is -2.06. The van der Waals surface area contributed by atoms with Crippen LogP contribution >= 0.6 is 11.8 Å². The third-order valence-electron chi connectivity index (χ3n) is 3.26. The van der Waals surface area contributed by atoms with Gasteiger partial charge in [0.15, 0.2) is 0 Å². The Morgan fingerprint density at radius 3 is 3.06 bits per heavy atom. The second kappa shape index (κ2) is 4.17. The van der Waals surface area contributed by atoms with Gasteiger partial charge in [-0.15, -0.1) is 11.8 Å². The maximum atomic E-state index is 11.6. The van der Waals surface area contributed by atoms with Gasteiger partial charge in [-0.1, -0.05) is 0 Å². The number of primary amides is 1. The zero-order chi connectivity index (χ0) is 12.7. The number of nitrogens with two attached hydrogens (primary N) is 1. The van der Waals surface area contributed by atoms with Crippen LogP contribution in [0.2, 0.25) is 0 Å². The summed E-state index contributed by atoms with van der Waals surface area (Å²) in [5.74, 6) is 1.38.